The molecule has 0 radical (unpaired) electrons. The number of hydrogen-bond donors (Lipinski definition) is 2. The Morgan fingerprint density at radius 3 is 2.43 bits per heavy atom. The molecular formula is C15H20ClN5. The van der Waals surface area contributed by atoms with E-state index in [0.717, 1.165) is 29.5 Å². The Balaban J connectivity index is 2.13. The summed E-state index contributed by atoms with van der Waals surface area (Å²) in [6.07, 6.45) is 1.54. The number of halogens is 1. The van der Waals surface area contributed by atoms with Crippen LogP contribution in [0, 0.1) is 0 Å². The minimum Gasteiger partial charge on any atom is -0.393 e. The van der Waals surface area contributed by atoms with Gasteiger partial charge in [-0.05, 0) is 31.5 Å². The average Bonchev–Trinajstić information content (AvgIpc) is 2.50. The van der Waals surface area contributed by atoms with Crippen molar-refractivity contribution in [3.63, 3.8) is 0 Å². The highest BCUT2D eigenvalue weighted by atomic mass is 35.5. The van der Waals surface area contributed by atoms with Gasteiger partial charge in [0.1, 0.15) is 12.0 Å². The van der Waals surface area contributed by atoms with Gasteiger partial charge in [0.05, 0.1) is 0 Å². The maximum Gasteiger partial charge on any atom is 0.157 e. The quantitative estimate of drug-likeness (QED) is 0.858. The molecule has 6 heteroatoms. The van der Waals surface area contributed by atoms with Crippen molar-refractivity contribution in [3.05, 3.63) is 41.2 Å². The van der Waals surface area contributed by atoms with E-state index in [-0.39, 0.29) is 0 Å². The molecule has 0 aliphatic carbocycles. The minimum absolute atomic E-state index is 0.579. The summed E-state index contributed by atoms with van der Waals surface area (Å²) in [7, 11) is 0. The van der Waals surface area contributed by atoms with Crippen LogP contribution in [-0.2, 0) is 6.54 Å². The highest BCUT2D eigenvalue weighted by Crippen LogP contribution is 2.26. The van der Waals surface area contributed by atoms with Crippen LogP contribution >= 0.6 is 11.6 Å². The third kappa shape index (κ3) is 3.76. The maximum atomic E-state index is 6.17. The average molecular weight is 306 g/mol. The SMILES string of the molecule is CCN(CC)c1ncnc(NCc2ccc(Cl)cc2)c1N. The first kappa shape index (κ1) is 15.4. The van der Waals surface area contributed by atoms with Gasteiger partial charge in [-0.15, -0.1) is 0 Å². The molecule has 0 spiro atoms. The van der Waals surface area contributed by atoms with Gasteiger partial charge in [-0.25, -0.2) is 9.97 Å². The van der Waals surface area contributed by atoms with E-state index in [2.05, 4.69) is 34.0 Å². The molecule has 0 atom stereocenters. The molecule has 0 saturated carbocycles. The Morgan fingerprint density at radius 1 is 1.14 bits per heavy atom. The second-order valence-electron chi connectivity index (χ2n) is 4.61. The zero-order valence-corrected chi connectivity index (χ0v) is 13.1. The van der Waals surface area contributed by atoms with Crippen LogP contribution in [0.3, 0.4) is 0 Å². The second kappa shape index (κ2) is 7.13. The molecule has 21 heavy (non-hydrogen) atoms. The Morgan fingerprint density at radius 2 is 1.81 bits per heavy atom. The molecule has 0 aliphatic rings. The maximum absolute atomic E-state index is 6.17. The third-order valence-corrected chi connectivity index (χ3v) is 3.55. The smallest absolute Gasteiger partial charge is 0.157 e. The van der Waals surface area contributed by atoms with E-state index >= 15 is 0 Å². The normalized spacial score (nSPS) is 10.4. The van der Waals surface area contributed by atoms with E-state index in [4.69, 9.17) is 17.3 Å². The van der Waals surface area contributed by atoms with Crippen molar-refractivity contribution in [2.75, 3.05) is 29.0 Å². The molecule has 0 saturated heterocycles. The topological polar surface area (TPSA) is 67.1 Å². The fourth-order valence-electron chi connectivity index (χ4n) is 2.09. The molecule has 0 aliphatic heterocycles. The zero-order chi connectivity index (χ0) is 15.2. The summed E-state index contributed by atoms with van der Waals surface area (Å²) >= 11 is 5.88. The number of aromatic nitrogens is 2. The number of hydrogen-bond acceptors (Lipinski definition) is 5. The number of nitrogens with two attached hydrogens (primary N) is 1. The van der Waals surface area contributed by atoms with Crippen LogP contribution in [0.4, 0.5) is 17.3 Å². The summed E-state index contributed by atoms with van der Waals surface area (Å²) < 4.78 is 0. The predicted octanol–water partition coefficient (Wildman–Crippen LogP) is 3.17. The van der Waals surface area contributed by atoms with E-state index in [1.807, 2.05) is 24.3 Å². The predicted molar refractivity (Wildman–Crippen MR) is 88.8 cm³/mol. The zero-order valence-electron chi connectivity index (χ0n) is 12.3. The standard InChI is InChI=1S/C15H20ClN5/c1-3-21(4-2)15-13(17)14(19-10-20-15)18-9-11-5-7-12(16)8-6-11/h5-8,10H,3-4,9,17H2,1-2H3,(H,18,19,20). The van der Waals surface area contributed by atoms with Crippen molar-refractivity contribution in [1.82, 2.24) is 9.97 Å². The van der Waals surface area contributed by atoms with Gasteiger partial charge in [0.25, 0.3) is 0 Å². The molecule has 1 heterocycles. The van der Waals surface area contributed by atoms with Gasteiger partial charge in [-0.2, -0.15) is 0 Å². The van der Waals surface area contributed by atoms with Crippen molar-refractivity contribution < 1.29 is 0 Å². The van der Waals surface area contributed by atoms with Gasteiger partial charge in [-0.1, -0.05) is 23.7 Å². The Kier molecular flexibility index (Phi) is 5.22. The number of benzene rings is 1. The molecule has 1 aromatic heterocycles. The monoisotopic (exact) mass is 305 g/mol. The van der Waals surface area contributed by atoms with Gasteiger partial charge in [0.15, 0.2) is 11.6 Å². The molecule has 5 nitrogen and oxygen atoms in total. The summed E-state index contributed by atoms with van der Waals surface area (Å²) in [4.78, 5) is 10.6. The Labute approximate surface area is 130 Å². The van der Waals surface area contributed by atoms with Gasteiger partial charge in [-0.3, -0.25) is 0 Å². The number of rotatable bonds is 6. The Hall–Kier alpha value is -2.01. The molecule has 0 unspecified atom stereocenters. The number of nitrogen functional groups attached to an aromatic ring is 1. The molecule has 2 aromatic rings. The van der Waals surface area contributed by atoms with E-state index in [9.17, 15) is 0 Å². The molecule has 3 N–H and O–H groups in total. The summed E-state index contributed by atoms with van der Waals surface area (Å²) in [5, 5.41) is 3.97. The lowest BCUT2D eigenvalue weighted by Gasteiger charge is -2.22. The lowest BCUT2D eigenvalue weighted by atomic mass is 10.2. The van der Waals surface area contributed by atoms with Gasteiger partial charge >= 0.3 is 0 Å². The van der Waals surface area contributed by atoms with Crippen LogP contribution in [0.25, 0.3) is 0 Å². The summed E-state index contributed by atoms with van der Waals surface area (Å²) in [6, 6.07) is 7.67. The van der Waals surface area contributed by atoms with Gasteiger partial charge in [0.2, 0.25) is 0 Å². The van der Waals surface area contributed by atoms with Crippen LogP contribution < -0.4 is 16.0 Å². The molecular weight excluding hydrogens is 286 g/mol. The molecule has 2 rings (SSSR count). The largest absolute Gasteiger partial charge is 0.393 e. The first-order chi connectivity index (χ1) is 10.2. The first-order valence-electron chi connectivity index (χ1n) is 6.99. The van der Waals surface area contributed by atoms with Crippen LogP contribution in [-0.4, -0.2) is 23.1 Å². The second-order valence-corrected chi connectivity index (χ2v) is 5.05. The third-order valence-electron chi connectivity index (χ3n) is 3.30. The van der Waals surface area contributed by atoms with Gasteiger partial charge in [0, 0.05) is 24.7 Å². The highest BCUT2D eigenvalue weighted by Gasteiger charge is 2.12. The van der Waals surface area contributed by atoms with Crippen LogP contribution in [0.2, 0.25) is 5.02 Å². The molecule has 1 aromatic carbocycles. The van der Waals surface area contributed by atoms with Crippen molar-refractivity contribution in [2.24, 2.45) is 0 Å². The summed E-state index contributed by atoms with van der Waals surface area (Å²) in [6.45, 7) is 6.50. The van der Waals surface area contributed by atoms with Crippen LogP contribution in [0.1, 0.15) is 19.4 Å². The lowest BCUT2D eigenvalue weighted by Crippen LogP contribution is -2.24. The highest BCUT2D eigenvalue weighted by molar-refractivity contribution is 6.30. The fraction of sp³-hybridized carbons (Fsp3) is 0.333. The van der Waals surface area contributed by atoms with Crippen LogP contribution in [0.15, 0.2) is 30.6 Å². The van der Waals surface area contributed by atoms with E-state index in [0.29, 0.717) is 18.1 Å². The molecule has 112 valence electrons. The van der Waals surface area contributed by atoms with Crippen molar-refractivity contribution in [3.8, 4) is 0 Å². The van der Waals surface area contributed by atoms with Crippen molar-refractivity contribution in [1.29, 1.82) is 0 Å². The van der Waals surface area contributed by atoms with E-state index in [1.165, 1.54) is 6.33 Å². The minimum atomic E-state index is 0.579. The summed E-state index contributed by atoms with van der Waals surface area (Å²) in [5.74, 6) is 1.43. The number of nitrogens with one attached hydrogen (secondary N) is 1. The number of anilines is 3. The molecule has 0 amide bonds. The van der Waals surface area contributed by atoms with E-state index in [1.54, 1.807) is 0 Å². The van der Waals surface area contributed by atoms with Crippen LogP contribution in [0.5, 0.6) is 0 Å². The van der Waals surface area contributed by atoms with Crippen molar-refractivity contribution >= 4 is 28.9 Å². The molecule has 0 fully saturated rings. The van der Waals surface area contributed by atoms with E-state index < -0.39 is 0 Å². The summed E-state index contributed by atoms with van der Waals surface area (Å²) in [5.41, 5.74) is 7.86. The Bertz CT molecular complexity index is 581. The fourth-order valence-corrected chi connectivity index (χ4v) is 2.22. The first-order valence-corrected chi connectivity index (χ1v) is 7.37. The molecule has 0 bridgehead atoms. The van der Waals surface area contributed by atoms with Gasteiger partial charge < -0.3 is 16.0 Å². The van der Waals surface area contributed by atoms with Crippen molar-refractivity contribution in [2.45, 2.75) is 20.4 Å². The number of nitrogens with zero attached hydrogens (tertiary/aromatic N) is 3. The lowest BCUT2D eigenvalue weighted by molar-refractivity contribution is 0.843.